The van der Waals surface area contributed by atoms with Crippen molar-refractivity contribution in [1.29, 1.82) is 0 Å². The number of ether oxygens (including phenoxy) is 1. The van der Waals surface area contributed by atoms with E-state index in [2.05, 4.69) is 34.4 Å². The third kappa shape index (κ3) is 6.80. The number of halogens is 3. The number of thioether (sulfide) groups is 1. The van der Waals surface area contributed by atoms with Gasteiger partial charge in [-0.05, 0) is 68.5 Å². The number of hydrogen-bond acceptors (Lipinski definition) is 5. The van der Waals surface area contributed by atoms with Gasteiger partial charge in [-0.2, -0.15) is 8.78 Å². The first-order valence-electron chi connectivity index (χ1n) is 10.4. The van der Waals surface area contributed by atoms with E-state index in [0.29, 0.717) is 13.1 Å². The zero-order valence-electron chi connectivity index (χ0n) is 18.4. The minimum absolute atomic E-state index is 0.171. The van der Waals surface area contributed by atoms with Crippen LogP contribution in [0.5, 0.6) is 5.75 Å². The summed E-state index contributed by atoms with van der Waals surface area (Å²) in [6.07, 6.45) is 3.46. The molecular formula is C23H26F3N3O3S. The van der Waals surface area contributed by atoms with Crippen LogP contribution in [0.2, 0.25) is 0 Å². The monoisotopic (exact) mass is 481 g/mol. The largest absolute Gasteiger partial charge is 0.435 e. The summed E-state index contributed by atoms with van der Waals surface area (Å²) in [5, 5.41) is 5.90. The summed E-state index contributed by atoms with van der Waals surface area (Å²) in [5.74, 6) is -2.41. The second-order valence-corrected chi connectivity index (χ2v) is 8.88. The molecule has 1 saturated heterocycles. The van der Waals surface area contributed by atoms with E-state index in [-0.39, 0.29) is 23.7 Å². The van der Waals surface area contributed by atoms with Crippen LogP contribution in [0.4, 0.5) is 18.9 Å². The van der Waals surface area contributed by atoms with Gasteiger partial charge in [0, 0.05) is 29.2 Å². The topological polar surface area (TPSA) is 70.7 Å². The molecule has 1 aliphatic heterocycles. The lowest BCUT2D eigenvalue weighted by Gasteiger charge is -2.40. The number of carbonyl (C=O) groups is 2. The van der Waals surface area contributed by atoms with Crippen LogP contribution in [0.3, 0.4) is 0 Å². The smallest absolute Gasteiger partial charge is 0.387 e. The highest BCUT2D eigenvalue weighted by molar-refractivity contribution is 7.98. The number of nitrogens with zero attached hydrogens (tertiary/aromatic N) is 1. The second kappa shape index (κ2) is 10.8. The molecule has 0 spiro atoms. The lowest BCUT2D eigenvalue weighted by molar-refractivity contribution is -0.131. The first-order chi connectivity index (χ1) is 15.7. The average Bonchev–Trinajstić information content (AvgIpc) is 2.79. The molecule has 1 aliphatic rings. The summed E-state index contributed by atoms with van der Waals surface area (Å²) in [6, 6.07) is 10.9. The molecule has 0 aliphatic carbocycles. The Morgan fingerprint density at radius 2 is 1.82 bits per heavy atom. The Hall–Kier alpha value is -2.88. The molecule has 0 unspecified atom stereocenters. The van der Waals surface area contributed by atoms with Crippen LogP contribution >= 0.6 is 11.8 Å². The summed E-state index contributed by atoms with van der Waals surface area (Å²) in [4.78, 5) is 27.6. The quantitative estimate of drug-likeness (QED) is 0.548. The van der Waals surface area contributed by atoms with Crippen molar-refractivity contribution in [1.82, 2.24) is 10.2 Å². The highest BCUT2D eigenvalue weighted by Gasteiger charge is 2.32. The van der Waals surface area contributed by atoms with E-state index in [9.17, 15) is 22.8 Å². The zero-order chi connectivity index (χ0) is 24.0. The fraction of sp³-hybridized carbons (Fsp3) is 0.391. The normalized spacial score (nSPS) is 15.3. The fourth-order valence-corrected chi connectivity index (χ4v) is 4.02. The van der Waals surface area contributed by atoms with Gasteiger partial charge in [0.15, 0.2) is 0 Å². The number of carbonyl (C=O) groups excluding carboxylic acids is 2. The van der Waals surface area contributed by atoms with Crippen molar-refractivity contribution in [2.45, 2.75) is 36.8 Å². The van der Waals surface area contributed by atoms with Crippen molar-refractivity contribution >= 4 is 29.3 Å². The van der Waals surface area contributed by atoms with Crippen molar-refractivity contribution in [2.75, 3.05) is 31.2 Å². The Morgan fingerprint density at radius 3 is 2.42 bits per heavy atom. The molecular weight excluding hydrogens is 455 g/mol. The van der Waals surface area contributed by atoms with Gasteiger partial charge in [-0.1, -0.05) is 0 Å². The summed E-state index contributed by atoms with van der Waals surface area (Å²) >= 11 is 1.68. The average molecular weight is 482 g/mol. The maximum atomic E-state index is 13.9. The van der Waals surface area contributed by atoms with Gasteiger partial charge in [0.25, 0.3) is 5.91 Å². The van der Waals surface area contributed by atoms with Crippen molar-refractivity contribution in [3.63, 3.8) is 0 Å². The molecule has 33 heavy (non-hydrogen) atoms. The van der Waals surface area contributed by atoms with E-state index >= 15 is 0 Å². The molecule has 2 aromatic rings. The first-order valence-corrected chi connectivity index (χ1v) is 11.6. The van der Waals surface area contributed by atoms with Crippen LogP contribution in [-0.4, -0.2) is 54.8 Å². The third-order valence-electron chi connectivity index (χ3n) is 5.56. The molecule has 0 atom stereocenters. The minimum atomic E-state index is -3.10. The Balaban J connectivity index is 1.50. The third-order valence-corrected chi connectivity index (χ3v) is 6.31. The molecule has 1 heterocycles. The molecule has 0 aromatic heterocycles. The van der Waals surface area contributed by atoms with Crippen molar-refractivity contribution in [2.24, 2.45) is 0 Å². The van der Waals surface area contributed by atoms with Crippen LogP contribution in [0.15, 0.2) is 47.4 Å². The van der Waals surface area contributed by atoms with Gasteiger partial charge < -0.3 is 20.3 Å². The SMILES string of the molecule is CSc1ccc(NC2(C)CCN(C(=O)CNC(=O)c3cc(OC(F)F)ccc3F)CC2)cc1. The van der Waals surface area contributed by atoms with Crippen LogP contribution in [0, 0.1) is 5.82 Å². The van der Waals surface area contributed by atoms with E-state index in [1.54, 1.807) is 16.7 Å². The number of piperidine rings is 1. The molecule has 0 bridgehead atoms. The van der Waals surface area contributed by atoms with E-state index in [4.69, 9.17) is 0 Å². The lowest BCUT2D eigenvalue weighted by Crippen LogP contribution is -2.51. The standard InChI is InChI=1S/C23H26F3N3O3S/c1-23(28-15-3-6-17(33-2)7-4-15)9-11-29(12-10-23)20(30)14-27-21(31)18-13-16(32-22(25)26)5-8-19(18)24/h3-8,13,22,28H,9-12,14H2,1-2H3,(H,27,31). The van der Waals surface area contributed by atoms with Gasteiger partial charge in [-0.3, -0.25) is 9.59 Å². The number of hydrogen-bond donors (Lipinski definition) is 2. The number of anilines is 1. The second-order valence-electron chi connectivity index (χ2n) is 8.00. The van der Waals surface area contributed by atoms with Gasteiger partial charge in [0.2, 0.25) is 5.91 Å². The summed E-state index contributed by atoms with van der Waals surface area (Å²) in [6.45, 7) is -0.295. The molecule has 178 valence electrons. The number of rotatable bonds is 8. The molecule has 1 fully saturated rings. The van der Waals surface area contributed by atoms with Gasteiger partial charge in [-0.15, -0.1) is 11.8 Å². The highest BCUT2D eigenvalue weighted by atomic mass is 32.2. The van der Waals surface area contributed by atoms with E-state index in [1.807, 2.05) is 18.4 Å². The Labute approximate surface area is 194 Å². The predicted molar refractivity (Wildman–Crippen MR) is 121 cm³/mol. The van der Waals surface area contributed by atoms with Crippen molar-refractivity contribution in [3.05, 3.63) is 53.8 Å². The minimum Gasteiger partial charge on any atom is -0.435 e. The summed E-state index contributed by atoms with van der Waals surface area (Å²) in [5.41, 5.74) is 0.376. The molecule has 10 heteroatoms. The number of amides is 2. The van der Waals surface area contributed by atoms with Gasteiger partial charge in [0.1, 0.15) is 11.6 Å². The van der Waals surface area contributed by atoms with Gasteiger partial charge >= 0.3 is 6.61 Å². The molecule has 6 nitrogen and oxygen atoms in total. The summed E-state index contributed by atoms with van der Waals surface area (Å²) in [7, 11) is 0. The lowest BCUT2D eigenvalue weighted by atomic mass is 9.89. The van der Waals surface area contributed by atoms with Gasteiger partial charge in [0.05, 0.1) is 12.1 Å². The molecule has 2 amide bonds. The molecule has 2 aromatic carbocycles. The highest BCUT2D eigenvalue weighted by Crippen LogP contribution is 2.28. The predicted octanol–water partition coefficient (Wildman–Crippen LogP) is 4.37. The zero-order valence-corrected chi connectivity index (χ0v) is 19.2. The maximum absolute atomic E-state index is 13.9. The van der Waals surface area contributed by atoms with Crippen LogP contribution in [0.1, 0.15) is 30.1 Å². The molecule has 0 saturated carbocycles. The van der Waals surface area contributed by atoms with E-state index in [1.165, 1.54) is 4.90 Å². The number of alkyl halides is 2. The van der Waals surface area contributed by atoms with E-state index < -0.39 is 23.9 Å². The molecule has 0 radical (unpaired) electrons. The number of benzene rings is 2. The van der Waals surface area contributed by atoms with Crippen molar-refractivity contribution in [3.8, 4) is 5.75 Å². The summed E-state index contributed by atoms with van der Waals surface area (Å²) < 4.78 is 42.8. The number of nitrogens with one attached hydrogen (secondary N) is 2. The fourth-order valence-electron chi connectivity index (χ4n) is 3.61. The number of likely N-dealkylation sites (tertiary alicyclic amines) is 1. The van der Waals surface area contributed by atoms with Crippen LogP contribution < -0.4 is 15.4 Å². The van der Waals surface area contributed by atoms with Crippen LogP contribution in [-0.2, 0) is 4.79 Å². The Morgan fingerprint density at radius 1 is 1.15 bits per heavy atom. The molecule has 3 rings (SSSR count). The molecule has 2 N–H and O–H groups in total. The van der Waals surface area contributed by atoms with Crippen LogP contribution in [0.25, 0.3) is 0 Å². The van der Waals surface area contributed by atoms with E-state index in [0.717, 1.165) is 36.7 Å². The Kier molecular flexibility index (Phi) is 8.12. The van der Waals surface area contributed by atoms with Gasteiger partial charge in [-0.25, -0.2) is 4.39 Å². The Bertz CT molecular complexity index is 981. The van der Waals surface area contributed by atoms with Crippen molar-refractivity contribution < 1.29 is 27.5 Å². The first kappa shape index (κ1) is 24.8. The maximum Gasteiger partial charge on any atom is 0.387 e.